The van der Waals surface area contributed by atoms with E-state index in [1.165, 1.54) is 0 Å². The SMILES string of the molecule is c1ccc(-c2cccc(-c3nc(-c4cccc(-c5ccccc5)c4)nc(-c4nccc(-n5c6ccccc6c6ccc7c8ccccc8n(-c8nc(-c9ccc%10ncccc%10n9)nc(-c9ccc%10ncccc%10n9)n8)c7c65)n4)n3)c2)cc1. The van der Waals surface area contributed by atoms with E-state index >= 15 is 0 Å². The van der Waals surface area contributed by atoms with Crippen LogP contribution in [0.2, 0.25) is 0 Å². The van der Waals surface area contributed by atoms with Crippen molar-refractivity contribution in [1.29, 1.82) is 0 Å². The molecule has 7 aromatic carbocycles. The number of nitrogens with zero attached hydrogens (tertiary/aromatic N) is 14. The van der Waals surface area contributed by atoms with Crippen molar-refractivity contribution in [1.82, 2.24) is 68.9 Å². The molecule has 382 valence electrons. The van der Waals surface area contributed by atoms with Gasteiger partial charge in [-0.1, -0.05) is 146 Å². The highest BCUT2D eigenvalue weighted by Gasteiger charge is 2.25. The number of hydrogen-bond acceptors (Lipinski definition) is 12. The normalized spacial score (nSPS) is 11.7. The molecule has 0 amide bonds. The van der Waals surface area contributed by atoms with Gasteiger partial charge in [0.1, 0.15) is 17.2 Å². The summed E-state index contributed by atoms with van der Waals surface area (Å²) in [5.41, 5.74) is 13.5. The van der Waals surface area contributed by atoms with E-state index in [2.05, 4.69) is 116 Å². The van der Waals surface area contributed by atoms with Crippen molar-refractivity contribution < 1.29 is 0 Å². The number of rotatable bonds is 9. The van der Waals surface area contributed by atoms with Crippen LogP contribution < -0.4 is 0 Å². The molecule has 0 aliphatic rings. The minimum atomic E-state index is 0.318. The molecule has 0 radical (unpaired) electrons. The van der Waals surface area contributed by atoms with Gasteiger partial charge in [-0.15, -0.1) is 0 Å². The average molecular weight is 1050 g/mol. The molecule has 16 aromatic rings. The first-order valence-corrected chi connectivity index (χ1v) is 26.7. The molecule has 0 aliphatic heterocycles. The number of para-hydroxylation sites is 2. The third-order valence-electron chi connectivity index (χ3n) is 14.8. The summed E-state index contributed by atoms with van der Waals surface area (Å²) in [6.07, 6.45) is 5.28. The number of benzene rings is 7. The zero-order chi connectivity index (χ0) is 54.1. The Morgan fingerprint density at radius 2 is 0.720 bits per heavy atom. The standard InChI is InChI=1S/C68H40N14/c1-3-15-41(16-4-1)43-19-11-21-45(39-43)62-75-63(46-22-12-20-44(40-46)42-17-5-2-6-18-42)77-67(76-62)66-71-38-35-59(74-66)81-57-27-9-7-23-47(57)49-29-30-50-48-24-8-10-28-58(48)82(61(50)60(49)81)68-79-64(55-33-31-51-53(72-55)25-13-36-69-51)78-65(80-68)56-34-32-52-54(73-56)26-14-37-70-52/h1-40H. The molecule has 0 saturated heterocycles. The minimum Gasteiger partial charge on any atom is -0.292 e. The highest BCUT2D eigenvalue weighted by atomic mass is 15.2. The van der Waals surface area contributed by atoms with E-state index in [9.17, 15) is 0 Å². The summed E-state index contributed by atoms with van der Waals surface area (Å²) in [5.74, 6) is 3.32. The van der Waals surface area contributed by atoms with Gasteiger partial charge in [0.2, 0.25) is 11.8 Å². The van der Waals surface area contributed by atoms with E-state index < -0.39 is 0 Å². The number of pyridine rings is 4. The molecule has 0 atom stereocenters. The average Bonchev–Trinajstić information content (AvgIpc) is 4.25. The lowest BCUT2D eigenvalue weighted by Gasteiger charge is -2.13. The summed E-state index contributed by atoms with van der Waals surface area (Å²) in [6.45, 7) is 0. The molecule has 0 unspecified atom stereocenters. The summed E-state index contributed by atoms with van der Waals surface area (Å²) in [4.78, 5) is 60.8. The van der Waals surface area contributed by atoms with Crippen LogP contribution in [-0.4, -0.2) is 68.9 Å². The predicted octanol–water partition coefficient (Wildman–Crippen LogP) is 14.6. The van der Waals surface area contributed by atoms with Crippen LogP contribution in [0.5, 0.6) is 0 Å². The fourth-order valence-electron chi connectivity index (χ4n) is 11.1. The molecule has 16 rings (SSSR count). The maximum Gasteiger partial charge on any atom is 0.238 e. The second-order valence-electron chi connectivity index (χ2n) is 19.8. The van der Waals surface area contributed by atoms with E-state index in [0.717, 1.165) is 88.0 Å². The Kier molecular flexibility index (Phi) is 10.8. The van der Waals surface area contributed by atoms with E-state index in [4.69, 9.17) is 49.8 Å². The van der Waals surface area contributed by atoms with Crippen molar-refractivity contribution in [3.05, 3.63) is 243 Å². The van der Waals surface area contributed by atoms with Crippen molar-refractivity contribution in [2.24, 2.45) is 0 Å². The Hall–Kier alpha value is -11.6. The molecule has 0 N–H and O–H groups in total. The maximum absolute atomic E-state index is 5.43. The third kappa shape index (κ3) is 7.96. The van der Waals surface area contributed by atoms with Gasteiger partial charge in [-0.25, -0.2) is 39.9 Å². The Morgan fingerprint density at radius 3 is 1.29 bits per heavy atom. The molecule has 0 fully saturated rings. The number of hydrogen-bond donors (Lipinski definition) is 0. The van der Waals surface area contributed by atoms with Gasteiger partial charge in [-0.3, -0.25) is 19.1 Å². The fraction of sp³-hybridized carbons (Fsp3) is 0. The Balaban J connectivity index is 0.927. The molecule has 0 spiro atoms. The first kappa shape index (κ1) is 46.5. The van der Waals surface area contributed by atoms with Gasteiger partial charge in [0.15, 0.2) is 29.1 Å². The van der Waals surface area contributed by atoms with Crippen LogP contribution in [-0.2, 0) is 0 Å². The molecule has 82 heavy (non-hydrogen) atoms. The van der Waals surface area contributed by atoms with Crippen LogP contribution in [0.4, 0.5) is 0 Å². The summed E-state index contributed by atoms with van der Waals surface area (Å²) >= 11 is 0. The molecule has 14 heteroatoms. The monoisotopic (exact) mass is 1050 g/mol. The fourth-order valence-corrected chi connectivity index (χ4v) is 11.1. The molecule has 9 heterocycles. The summed E-state index contributed by atoms with van der Waals surface area (Å²) in [7, 11) is 0. The molecular formula is C68H40N14. The molecule has 0 saturated carbocycles. The van der Waals surface area contributed by atoms with Crippen molar-refractivity contribution in [2.75, 3.05) is 0 Å². The summed E-state index contributed by atoms with van der Waals surface area (Å²) in [6, 6.07) is 75.4. The van der Waals surface area contributed by atoms with Crippen LogP contribution >= 0.6 is 0 Å². The second-order valence-corrected chi connectivity index (χ2v) is 19.8. The topological polar surface area (TPSA) is 165 Å². The van der Waals surface area contributed by atoms with Crippen LogP contribution in [0.1, 0.15) is 0 Å². The molecule has 0 aliphatic carbocycles. The van der Waals surface area contributed by atoms with E-state index in [-0.39, 0.29) is 0 Å². The van der Waals surface area contributed by atoms with Gasteiger partial charge in [0.05, 0.1) is 44.1 Å². The van der Waals surface area contributed by atoms with Crippen molar-refractivity contribution in [3.8, 4) is 91.5 Å². The number of fused-ring (bicyclic) bond motifs is 9. The lowest BCUT2D eigenvalue weighted by molar-refractivity contribution is 0.944. The molecule has 14 nitrogen and oxygen atoms in total. The minimum absolute atomic E-state index is 0.318. The zero-order valence-corrected chi connectivity index (χ0v) is 43.4. The van der Waals surface area contributed by atoms with Gasteiger partial charge >= 0.3 is 0 Å². The summed E-state index contributed by atoms with van der Waals surface area (Å²) in [5, 5.41) is 4.01. The quantitative estimate of drug-likeness (QED) is 0.135. The Labute approximate surface area is 467 Å². The van der Waals surface area contributed by atoms with Crippen molar-refractivity contribution in [3.63, 3.8) is 0 Å². The first-order chi connectivity index (χ1) is 40.6. The summed E-state index contributed by atoms with van der Waals surface area (Å²) < 4.78 is 4.32. The van der Waals surface area contributed by atoms with Gasteiger partial charge in [0.25, 0.3) is 0 Å². The van der Waals surface area contributed by atoms with Crippen LogP contribution in [0.25, 0.3) is 157 Å². The van der Waals surface area contributed by atoms with E-state index in [1.54, 1.807) is 18.6 Å². The second kappa shape index (κ2) is 19.1. The van der Waals surface area contributed by atoms with E-state index in [1.807, 2.05) is 127 Å². The lowest BCUT2D eigenvalue weighted by Crippen LogP contribution is -2.08. The predicted molar refractivity (Wildman–Crippen MR) is 322 cm³/mol. The van der Waals surface area contributed by atoms with Crippen LogP contribution in [0.3, 0.4) is 0 Å². The van der Waals surface area contributed by atoms with Gasteiger partial charge in [-0.05, 0) is 101 Å². The van der Waals surface area contributed by atoms with Crippen molar-refractivity contribution in [2.45, 2.75) is 0 Å². The maximum atomic E-state index is 5.43. The van der Waals surface area contributed by atoms with E-state index in [0.29, 0.717) is 69.1 Å². The lowest BCUT2D eigenvalue weighted by atomic mass is 10.0. The third-order valence-corrected chi connectivity index (χ3v) is 14.8. The van der Waals surface area contributed by atoms with Crippen LogP contribution in [0.15, 0.2) is 243 Å². The first-order valence-electron chi connectivity index (χ1n) is 26.7. The van der Waals surface area contributed by atoms with Gasteiger partial charge in [-0.2, -0.15) is 9.97 Å². The number of aromatic nitrogens is 14. The Bertz CT molecular complexity index is 5000. The molecular weight excluding hydrogens is 1010 g/mol. The largest absolute Gasteiger partial charge is 0.292 e. The Morgan fingerprint density at radius 1 is 0.244 bits per heavy atom. The molecule has 0 bridgehead atoms. The van der Waals surface area contributed by atoms with Crippen molar-refractivity contribution >= 4 is 65.7 Å². The van der Waals surface area contributed by atoms with Crippen LogP contribution in [0, 0.1) is 0 Å². The highest BCUT2D eigenvalue weighted by molar-refractivity contribution is 6.23. The molecule has 9 aromatic heterocycles. The van der Waals surface area contributed by atoms with Gasteiger partial charge in [0, 0.05) is 51.3 Å². The highest BCUT2D eigenvalue weighted by Crippen LogP contribution is 2.42. The smallest absolute Gasteiger partial charge is 0.238 e. The zero-order valence-electron chi connectivity index (χ0n) is 43.4. The van der Waals surface area contributed by atoms with Gasteiger partial charge < -0.3 is 0 Å².